The smallest absolute Gasteiger partial charge is 0.228 e. The first-order chi connectivity index (χ1) is 19.1. The third kappa shape index (κ3) is 4.69. The van der Waals surface area contributed by atoms with Crippen molar-refractivity contribution in [1.29, 1.82) is 0 Å². The third-order valence-corrected chi connectivity index (χ3v) is 8.40. The van der Waals surface area contributed by atoms with E-state index in [1.54, 1.807) is 12.4 Å². The zero-order valence-electron chi connectivity index (χ0n) is 22.0. The van der Waals surface area contributed by atoms with Crippen molar-refractivity contribution in [3.8, 4) is 22.9 Å². The zero-order chi connectivity index (χ0) is 26.4. The van der Waals surface area contributed by atoms with Crippen LogP contribution in [0.5, 0.6) is 11.6 Å². The normalized spacial score (nSPS) is 20.9. The molecule has 1 aliphatic heterocycles. The molecular formula is C31H32N6O2. The molecule has 3 heterocycles. The second kappa shape index (κ2) is 9.61. The molecule has 198 valence electrons. The molecule has 2 aliphatic carbocycles. The number of carbonyl (C=O) groups excluding carboxylic acids is 1. The Hall–Kier alpha value is -4.04. The van der Waals surface area contributed by atoms with Gasteiger partial charge in [-0.15, -0.1) is 0 Å². The minimum atomic E-state index is 0.132. The summed E-state index contributed by atoms with van der Waals surface area (Å²) < 4.78 is 6.55. The number of carbonyl (C=O) groups is 1. The van der Waals surface area contributed by atoms with Crippen LogP contribution in [0.15, 0.2) is 60.9 Å². The van der Waals surface area contributed by atoms with Crippen LogP contribution in [0.1, 0.15) is 37.7 Å². The van der Waals surface area contributed by atoms with E-state index in [0.29, 0.717) is 29.0 Å². The quantitative estimate of drug-likeness (QED) is 0.288. The molecule has 1 saturated heterocycles. The fourth-order valence-corrected chi connectivity index (χ4v) is 5.83. The van der Waals surface area contributed by atoms with Crippen LogP contribution in [0.4, 0.5) is 11.6 Å². The number of nitrogens with one attached hydrogen (secondary N) is 3. The van der Waals surface area contributed by atoms with Gasteiger partial charge < -0.3 is 20.7 Å². The number of aromatic nitrogens is 3. The van der Waals surface area contributed by atoms with Gasteiger partial charge in [-0.05, 0) is 80.8 Å². The van der Waals surface area contributed by atoms with E-state index >= 15 is 0 Å². The number of piperidine rings is 1. The third-order valence-electron chi connectivity index (χ3n) is 8.40. The Balaban J connectivity index is 1.18. The summed E-state index contributed by atoms with van der Waals surface area (Å²) >= 11 is 0. The van der Waals surface area contributed by atoms with Crippen molar-refractivity contribution in [3.63, 3.8) is 0 Å². The molecule has 2 atom stereocenters. The van der Waals surface area contributed by atoms with Crippen LogP contribution in [0.3, 0.4) is 0 Å². The summed E-state index contributed by atoms with van der Waals surface area (Å²) in [5, 5.41) is 11.9. The maximum absolute atomic E-state index is 12.9. The van der Waals surface area contributed by atoms with Crippen molar-refractivity contribution in [2.75, 3.05) is 23.7 Å². The molecular weight excluding hydrogens is 488 g/mol. The lowest BCUT2D eigenvalue weighted by atomic mass is 10.0. The van der Waals surface area contributed by atoms with Crippen molar-refractivity contribution >= 4 is 28.3 Å². The summed E-state index contributed by atoms with van der Waals surface area (Å²) in [6.45, 7) is 3.98. The topological polar surface area (TPSA) is 101 Å². The van der Waals surface area contributed by atoms with E-state index in [1.165, 1.54) is 12.8 Å². The van der Waals surface area contributed by atoms with E-state index in [9.17, 15) is 4.79 Å². The molecule has 2 aromatic carbocycles. The summed E-state index contributed by atoms with van der Waals surface area (Å²) in [5.41, 5.74) is 3.64. The van der Waals surface area contributed by atoms with Crippen molar-refractivity contribution in [3.05, 3.63) is 66.5 Å². The monoisotopic (exact) mass is 520 g/mol. The molecule has 2 unspecified atom stereocenters. The van der Waals surface area contributed by atoms with Crippen LogP contribution in [-0.4, -0.2) is 40.0 Å². The Kier molecular flexibility index (Phi) is 5.92. The van der Waals surface area contributed by atoms with E-state index in [2.05, 4.69) is 32.0 Å². The molecule has 4 aromatic rings. The highest BCUT2D eigenvalue weighted by Gasteiger charge is 2.65. The molecule has 2 saturated carbocycles. The summed E-state index contributed by atoms with van der Waals surface area (Å²) in [4.78, 5) is 26.7. The highest BCUT2D eigenvalue weighted by Crippen LogP contribution is 2.70. The predicted molar refractivity (Wildman–Crippen MR) is 152 cm³/mol. The van der Waals surface area contributed by atoms with Gasteiger partial charge in [0.15, 0.2) is 0 Å². The van der Waals surface area contributed by atoms with E-state index in [1.807, 2.05) is 49.4 Å². The number of amides is 1. The molecule has 7 rings (SSSR count). The van der Waals surface area contributed by atoms with Gasteiger partial charge in [-0.2, -0.15) is 0 Å². The molecule has 3 N–H and O–H groups in total. The molecule has 0 bridgehead atoms. The molecule has 2 aromatic heterocycles. The number of hydrogen-bond donors (Lipinski definition) is 3. The minimum absolute atomic E-state index is 0.132. The first kappa shape index (κ1) is 24.0. The van der Waals surface area contributed by atoms with E-state index < -0.39 is 0 Å². The Bertz CT molecular complexity index is 1560. The summed E-state index contributed by atoms with van der Waals surface area (Å²) in [6, 6.07) is 16.1. The molecule has 39 heavy (non-hydrogen) atoms. The van der Waals surface area contributed by atoms with E-state index in [-0.39, 0.29) is 11.8 Å². The Morgan fingerprint density at radius 1 is 1.05 bits per heavy atom. The van der Waals surface area contributed by atoms with Crippen LogP contribution in [0.25, 0.3) is 22.0 Å². The second-order valence-electron chi connectivity index (χ2n) is 11.1. The van der Waals surface area contributed by atoms with Gasteiger partial charge in [0.25, 0.3) is 0 Å². The van der Waals surface area contributed by atoms with Crippen LogP contribution >= 0.6 is 0 Å². The molecule has 1 spiro atoms. The summed E-state index contributed by atoms with van der Waals surface area (Å²) in [6.07, 6.45) is 9.11. The van der Waals surface area contributed by atoms with Crippen molar-refractivity contribution in [2.45, 2.75) is 45.1 Å². The van der Waals surface area contributed by atoms with Gasteiger partial charge in [0.05, 0.1) is 11.3 Å². The van der Waals surface area contributed by atoms with E-state index in [4.69, 9.17) is 9.72 Å². The number of ether oxygens (including phenoxy) is 1. The average Bonchev–Trinajstić information content (AvgIpc) is 3.89. The number of anilines is 2. The molecule has 3 fully saturated rings. The molecule has 8 nitrogen and oxygen atoms in total. The summed E-state index contributed by atoms with van der Waals surface area (Å²) in [7, 11) is 0. The first-order valence-electron chi connectivity index (χ1n) is 13.9. The maximum Gasteiger partial charge on any atom is 0.228 e. The highest BCUT2D eigenvalue weighted by atomic mass is 16.5. The lowest BCUT2D eigenvalue weighted by Crippen LogP contribution is -2.38. The van der Waals surface area contributed by atoms with Gasteiger partial charge in [0.1, 0.15) is 5.75 Å². The van der Waals surface area contributed by atoms with Crippen molar-refractivity contribution in [2.24, 2.45) is 11.3 Å². The van der Waals surface area contributed by atoms with Crippen LogP contribution in [0.2, 0.25) is 0 Å². The largest absolute Gasteiger partial charge is 0.437 e. The summed E-state index contributed by atoms with van der Waals surface area (Å²) in [5.74, 6) is 2.08. The molecule has 0 radical (unpaired) electrons. The predicted octanol–water partition coefficient (Wildman–Crippen LogP) is 5.70. The lowest BCUT2D eigenvalue weighted by Gasteiger charge is -2.23. The van der Waals surface area contributed by atoms with Crippen LogP contribution in [0, 0.1) is 18.3 Å². The Labute approximate surface area is 227 Å². The van der Waals surface area contributed by atoms with Gasteiger partial charge in [-0.25, -0.2) is 15.0 Å². The maximum atomic E-state index is 12.9. The van der Waals surface area contributed by atoms with Crippen LogP contribution in [-0.2, 0) is 4.79 Å². The van der Waals surface area contributed by atoms with Gasteiger partial charge in [-0.3, -0.25) is 4.79 Å². The van der Waals surface area contributed by atoms with Gasteiger partial charge in [0, 0.05) is 47.4 Å². The van der Waals surface area contributed by atoms with Gasteiger partial charge in [0.2, 0.25) is 17.7 Å². The number of benzene rings is 2. The number of hydrogen-bond acceptors (Lipinski definition) is 7. The number of rotatable bonds is 7. The lowest BCUT2D eigenvalue weighted by molar-refractivity contribution is -0.117. The number of pyridine rings is 1. The Morgan fingerprint density at radius 3 is 2.79 bits per heavy atom. The zero-order valence-corrected chi connectivity index (χ0v) is 22.0. The molecule has 3 aliphatic rings. The van der Waals surface area contributed by atoms with Gasteiger partial charge >= 0.3 is 0 Å². The van der Waals surface area contributed by atoms with Crippen molar-refractivity contribution < 1.29 is 9.53 Å². The number of nitrogens with zero attached hydrogens (tertiary/aromatic N) is 3. The SMILES string of the molecule is Cc1ccc2c(NC(=O)C3CC34CC4)cccc2c1Oc1ncccc1-c1ccnc(NC2CCCNC2)n1. The number of fused-ring (bicyclic) bond motifs is 1. The van der Waals surface area contributed by atoms with Gasteiger partial charge in [-0.1, -0.05) is 24.3 Å². The standard InChI is InChI=1S/C31H32N6O2/c1-19-9-10-21-22(6-2-8-25(21)36-28(38)24-17-31(24)12-13-31)27(19)39-29-23(7-4-15-33-29)26-11-16-34-30(37-26)35-20-5-3-14-32-18-20/h2,4,6-11,15-16,20,24,32H,3,5,12-14,17-18H2,1H3,(H,36,38)(H,34,35,37). The van der Waals surface area contributed by atoms with Crippen molar-refractivity contribution in [1.82, 2.24) is 20.3 Å². The Morgan fingerprint density at radius 2 is 1.97 bits per heavy atom. The number of aryl methyl sites for hydroxylation is 1. The molecule has 1 amide bonds. The minimum Gasteiger partial charge on any atom is -0.437 e. The average molecular weight is 521 g/mol. The molecule has 8 heteroatoms. The fraction of sp³-hybridized carbons (Fsp3) is 0.355. The highest BCUT2D eigenvalue weighted by molar-refractivity contribution is 6.06. The van der Waals surface area contributed by atoms with Crippen LogP contribution < -0.4 is 20.7 Å². The first-order valence-corrected chi connectivity index (χ1v) is 13.9. The fourth-order valence-electron chi connectivity index (χ4n) is 5.83. The van der Waals surface area contributed by atoms with E-state index in [0.717, 1.165) is 65.6 Å². The second-order valence-corrected chi connectivity index (χ2v) is 11.1.